The van der Waals surface area contributed by atoms with E-state index in [-0.39, 0.29) is 0 Å². The Balaban J connectivity index is 1.51. The van der Waals surface area contributed by atoms with Gasteiger partial charge in [-0.05, 0) is 61.2 Å². The summed E-state index contributed by atoms with van der Waals surface area (Å²) in [5.74, 6) is 6.78. The van der Waals surface area contributed by atoms with Crippen molar-refractivity contribution < 1.29 is 0 Å². The van der Waals surface area contributed by atoms with Gasteiger partial charge in [0.2, 0.25) is 0 Å². The molecule has 0 aromatic rings. The molecule has 3 rings (SSSR count). The summed E-state index contributed by atoms with van der Waals surface area (Å²) in [6, 6.07) is 0. The molecule has 0 aromatic carbocycles. The van der Waals surface area contributed by atoms with Crippen molar-refractivity contribution in [3.8, 4) is 0 Å². The highest BCUT2D eigenvalue weighted by molar-refractivity contribution is 4.99. The monoisotopic (exact) mass is 402 g/mol. The van der Waals surface area contributed by atoms with Gasteiger partial charge in [-0.25, -0.2) is 0 Å². The lowest BCUT2D eigenvalue weighted by atomic mass is 9.60. The van der Waals surface area contributed by atoms with E-state index in [0.717, 1.165) is 35.5 Å². The third kappa shape index (κ3) is 7.00. The van der Waals surface area contributed by atoms with Gasteiger partial charge in [-0.15, -0.1) is 0 Å². The Morgan fingerprint density at radius 2 is 1.07 bits per heavy atom. The minimum atomic E-state index is 1.08. The van der Waals surface area contributed by atoms with Crippen LogP contribution < -0.4 is 0 Å². The molecule has 0 nitrogen and oxygen atoms in total. The maximum absolute atomic E-state index is 2.34. The highest BCUT2D eigenvalue weighted by atomic mass is 14.5. The zero-order chi connectivity index (χ0) is 20.3. The van der Waals surface area contributed by atoms with E-state index < -0.39 is 0 Å². The highest BCUT2D eigenvalue weighted by Gasteiger charge is 2.49. The maximum Gasteiger partial charge on any atom is -0.0352 e. The molecule has 3 saturated carbocycles. The van der Waals surface area contributed by atoms with E-state index in [1.54, 1.807) is 57.8 Å². The SMILES string of the molecule is CCCCCCCCC(CCCCCCCC)C1CC2CCCC2C2CCCC12. The number of unbranched alkanes of at least 4 members (excludes halogenated alkanes) is 10. The van der Waals surface area contributed by atoms with Crippen LogP contribution >= 0.6 is 0 Å². The van der Waals surface area contributed by atoms with Crippen LogP contribution in [0.25, 0.3) is 0 Å². The first-order valence-electron chi connectivity index (χ1n) is 14.3. The molecule has 3 aliphatic carbocycles. The van der Waals surface area contributed by atoms with Gasteiger partial charge in [0.15, 0.2) is 0 Å². The number of fused-ring (bicyclic) bond motifs is 3. The summed E-state index contributed by atoms with van der Waals surface area (Å²) in [5.41, 5.74) is 0. The van der Waals surface area contributed by atoms with Crippen molar-refractivity contribution in [2.45, 2.75) is 149 Å². The number of rotatable bonds is 15. The molecular weight excluding hydrogens is 348 g/mol. The van der Waals surface area contributed by atoms with Gasteiger partial charge in [-0.3, -0.25) is 0 Å². The molecule has 0 aromatic heterocycles. The zero-order valence-corrected chi connectivity index (χ0v) is 20.3. The molecule has 3 fully saturated rings. The minimum Gasteiger partial charge on any atom is -0.0654 e. The van der Waals surface area contributed by atoms with Gasteiger partial charge in [0.25, 0.3) is 0 Å². The molecule has 0 saturated heterocycles. The van der Waals surface area contributed by atoms with Gasteiger partial charge in [-0.2, -0.15) is 0 Å². The number of hydrogen-bond acceptors (Lipinski definition) is 0. The van der Waals surface area contributed by atoms with Crippen LogP contribution in [0.2, 0.25) is 0 Å². The smallest absolute Gasteiger partial charge is 0.0352 e. The Kier molecular flexibility index (Phi) is 10.9. The van der Waals surface area contributed by atoms with Gasteiger partial charge >= 0.3 is 0 Å². The average molecular weight is 403 g/mol. The predicted octanol–water partition coefficient (Wildman–Crippen LogP) is 9.96. The van der Waals surface area contributed by atoms with E-state index in [1.807, 2.05) is 0 Å². The van der Waals surface area contributed by atoms with Crippen LogP contribution in [0.15, 0.2) is 0 Å². The topological polar surface area (TPSA) is 0 Å². The number of hydrogen-bond donors (Lipinski definition) is 0. The van der Waals surface area contributed by atoms with Gasteiger partial charge in [0.05, 0.1) is 0 Å². The van der Waals surface area contributed by atoms with E-state index in [2.05, 4.69) is 13.8 Å². The van der Waals surface area contributed by atoms with Gasteiger partial charge in [0, 0.05) is 0 Å². The van der Waals surface area contributed by atoms with Crippen molar-refractivity contribution in [3.63, 3.8) is 0 Å². The van der Waals surface area contributed by atoms with Crippen LogP contribution in [0.3, 0.4) is 0 Å². The van der Waals surface area contributed by atoms with Crippen LogP contribution in [0, 0.1) is 35.5 Å². The highest BCUT2D eigenvalue weighted by Crippen LogP contribution is 2.58. The molecule has 0 aliphatic heterocycles. The van der Waals surface area contributed by atoms with Crippen LogP contribution in [-0.2, 0) is 0 Å². The molecular formula is C29H54. The summed E-state index contributed by atoms with van der Waals surface area (Å²) in [5, 5.41) is 0. The second kappa shape index (κ2) is 13.4. The molecule has 0 heterocycles. The van der Waals surface area contributed by atoms with Gasteiger partial charge < -0.3 is 0 Å². The van der Waals surface area contributed by atoms with Gasteiger partial charge in [0.1, 0.15) is 0 Å². The molecule has 0 amide bonds. The first kappa shape index (κ1) is 23.7. The summed E-state index contributed by atoms with van der Waals surface area (Å²) < 4.78 is 0. The Bertz CT molecular complexity index is 396. The molecule has 170 valence electrons. The van der Waals surface area contributed by atoms with Crippen molar-refractivity contribution in [3.05, 3.63) is 0 Å². The van der Waals surface area contributed by atoms with E-state index in [0.29, 0.717) is 0 Å². The molecule has 0 radical (unpaired) electrons. The van der Waals surface area contributed by atoms with Crippen LogP contribution in [0.4, 0.5) is 0 Å². The minimum absolute atomic E-state index is 1.08. The van der Waals surface area contributed by atoms with Crippen molar-refractivity contribution in [2.75, 3.05) is 0 Å². The second-order valence-electron chi connectivity index (χ2n) is 11.4. The lowest BCUT2D eigenvalue weighted by molar-refractivity contribution is 0.0340. The largest absolute Gasteiger partial charge is 0.0654 e. The summed E-state index contributed by atoms with van der Waals surface area (Å²) >= 11 is 0. The summed E-state index contributed by atoms with van der Waals surface area (Å²) in [7, 11) is 0. The first-order valence-corrected chi connectivity index (χ1v) is 14.3. The molecule has 0 N–H and O–H groups in total. The molecule has 3 aliphatic rings. The molecule has 0 bridgehead atoms. The third-order valence-corrected chi connectivity index (χ3v) is 9.48. The molecule has 29 heavy (non-hydrogen) atoms. The Hall–Kier alpha value is 0. The van der Waals surface area contributed by atoms with Crippen LogP contribution in [0.1, 0.15) is 149 Å². The van der Waals surface area contributed by atoms with E-state index in [9.17, 15) is 0 Å². The molecule has 0 heteroatoms. The average Bonchev–Trinajstić information content (AvgIpc) is 3.39. The van der Waals surface area contributed by atoms with Crippen molar-refractivity contribution in [1.29, 1.82) is 0 Å². The summed E-state index contributed by atoms with van der Waals surface area (Å²) in [6.45, 7) is 4.68. The fourth-order valence-corrected chi connectivity index (χ4v) is 8.02. The van der Waals surface area contributed by atoms with Crippen LogP contribution in [-0.4, -0.2) is 0 Å². The normalized spacial score (nSPS) is 31.3. The van der Waals surface area contributed by atoms with E-state index in [1.165, 1.54) is 77.0 Å². The fourth-order valence-electron chi connectivity index (χ4n) is 8.02. The van der Waals surface area contributed by atoms with E-state index in [4.69, 9.17) is 0 Å². The molecule has 0 spiro atoms. The lowest BCUT2D eigenvalue weighted by Crippen LogP contribution is -2.38. The maximum atomic E-state index is 2.34. The molecule has 5 atom stereocenters. The Labute approximate surface area is 184 Å². The van der Waals surface area contributed by atoms with E-state index >= 15 is 0 Å². The Morgan fingerprint density at radius 1 is 0.552 bits per heavy atom. The fraction of sp³-hybridized carbons (Fsp3) is 1.00. The van der Waals surface area contributed by atoms with Crippen LogP contribution in [0.5, 0.6) is 0 Å². The quantitative estimate of drug-likeness (QED) is 0.239. The third-order valence-electron chi connectivity index (χ3n) is 9.48. The second-order valence-corrected chi connectivity index (χ2v) is 11.4. The zero-order valence-electron chi connectivity index (χ0n) is 20.3. The van der Waals surface area contributed by atoms with Crippen molar-refractivity contribution in [2.24, 2.45) is 35.5 Å². The van der Waals surface area contributed by atoms with Crippen molar-refractivity contribution >= 4 is 0 Å². The molecule has 5 unspecified atom stereocenters. The van der Waals surface area contributed by atoms with Crippen molar-refractivity contribution in [1.82, 2.24) is 0 Å². The summed E-state index contributed by atoms with van der Waals surface area (Å²) in [4.78, 5) is 0. The predicted molar refractivity (Wildman–Crippen MR) is 129 cm³/mol. The standard InChI is InChI=1S/C29H54/c1-3-5-7-9-11-13-17-24(18-14-12-10-8-6-4-2)29-23-25-19-15-20-26(25)27-21-16-22-28(27)29/h24-29H,3-23H2,1-2H3. The Morgan fingerprint density at radius 3 is 1.72 bits per heavy atom. The first-order chi connectivity index (χ1) is 14.3. The lowest BCUT2D eigenvalue weighted by Gasteiger charge is -2.46. The van der Waals surface area contributed by atoms with Gasteiger partial charge in [-0.1, -0.05) is 123 Å². The summed E-state index contributed by atoms with van der Waals surface area (Å²) in [6.07, 6.45) is 32.0.